The molecule has 2 amide bonds. The lowest BCUT2D eigenvalue weighted by Gasteiger charge is -2.06. The second kappa shape index (κ2) is 8.57. The van der Waals surface area contributed by atoms with Gasteiger partial charge in [0.1, 0.15) is 11.8 Å². The molecule has 27 heavy (non-hydrogen) atoms. The zero-order valence-electron chi connectivity index (χ0n) is 14.9. The minimum absolute atomic E-state index is 0.536. The van der Waals surface area contributed by atoms with E-state index in [2.05, 4.69) is 44.3 Å². The van der Waals surface area contributed by atoms with E-state index in [4.69, 9.17) is 5.73 Å². The predicted molar refractivity (Wildman–Crippen MR) is 106 cm³/mol. The smallest absolute Gasteiger partial charge is 0.316 e. The SMILES string of the molecule is CCc1ccccc1-c1ncnc2nc[nH]c12.NC(=O)Nc1ccccc1. The van der Waals surface area contributed by atoms with Crippen LogP contribution < -0.4 is 11.1 Å². The fourth-order valence-corrected chi connectivity index (χ4v) is 2.69. The first-order chi connectivity index (χ1) is 13.2. The van der Waals surface area contributed by atoms with E-state index in [-0.39, 0.29) is 0 Å². The number of anilines is 1. The Labute approximate surface area is 156 Å². The average Bonchev–Trinajstić information content (AvgIpc) is 3.18. The van der Waals surface area contributed by atoms with Crippen LogP contribution in [-0.2, 0) is 6.42 Å². The van der Waals surface area contributed by atoms with Crippen molar-refractivity contribution in [2.24, 2.45) is 5.73 Å². The molecule has 0 aliphatic heterocycles. The number of carbonyl (C=O) groups excluding carboxylic acids is 1. The molecule has 0 atom stereocenters. The van der Waals surface area contributed by atoms with E-state index < -0.39 is 6.03 Å². The van der Waals surface area contributed by atoms with Gasteiger partial charge in [0.05, 0.1) is 12.0 Å². The highest BCUT2D eigenvalue weighted by molar-refractivity contribution is 5.88. The normalized spacial score (nSPS) is 10.1. The van der Waals surface area contributed by atoms with Crippen LogP contribution in [0.2, 0.25) is 0 Å². The quantitative estimate of drug-likeness (QED) is 0.517. The van der Waals surface area contributed by atoms with Gasteiger partial charge in [-0.15, -0.1) is 0 Å². The number of rotatable bonds is 3. The molecule has 4 rings (SSSR count). The molecule has 0 radical (unpaired) electrons. The fourth-order valence-electron chi connectivity index (χ4n) is 2.69. The van der Waals surface area contributed by atoms with Gasteiger partial charge in [-0.05, 0) is 24.1 Å². The highest BCUT2D eigenvalue weighted by Crippen LogP contribution is 2.26. The van der Waals surface area contributed by atoms with E-state index >= 15 is 0 Å². The van der Waals surface area contributed by atoms with Gasteiger partial charge in [-0.25, -0.2) is 19.7 Å². The van der Waals surface area contributed by atoms with Gasteiger partial charge in [-0.2, -0.15) is 0 Å². The highest BCUT2D eigenvalue weighted by Gasteiger charge is 2.10. The Morgan fingerprint density at radius 2 is 1.78 bits per heavy atom. The highest BCUT2D eigenvalue weighted by atomic mass is 16.2. The number of para-hydroxylation sites is 1. The zero-order chi connectivity index (χ0) is 19.1. The molecular formula is C20H20N6O. The largest absolute Gasteiger partial charge is 0.351 e. The Kier molecular flexibility index (Phi) is 5.73. The first kappa shape index (κ1) is 18.1. The topological polar surface area (TPSA) is 110 Å². The summed E-state index contributed by atoms with van der Waals surface area (Å²) in [6.07, 6.45) is 4.19. The van der Waals surface area contributed by atoms with E-state index in [0.29, 0.717) is 5.65 Å². The van der Waals surface area contributed by atoms with Crippen molar-refractivity contribution < 1.29 is 4.79 Å². The summed E-state index contributed by atoms with van der Waals surface area (Å²) < 4.78 is 0. The van der Waals surface area contributed by atoms with Crippen LogP contribution in [0.15, 0.2) is 67.3 Å². The van der Waals surface area contributed by atoms with Crippen molar-refractivity contribution in [2.75, 3.05) is 5.32 Å². The Bertz CT molecular complexity index is 1030. The third-order valence-corrected chi connectivity index (χ3v) is 3.92. The number of benzene rings is 2. The molecule has 2 aromatic heterocycles. The van der Waals surface area contributed by atoms with Crippen LogP contribution in [0, 0.1) is 0 Å². The molecule has 0 fully saturated rings. The van der Waals surface area contributed by atoms with Crippen LogP contribution in [0.25, 0.3) is 22.4 Å². The van der Waals surface area contributed by atoms with Crippen molar-refractivity contribution in [3.05, 3.63) is 72.8 Å². The maximum Gasteiger partial charge on any atom is 0.316 e. The number of nitrogens with one attached hydrogen (secondary N) is 2. The van der Waals surface area contributed by atoms with Crippen LogP contribution in [0.1, 0.15) is 12.5 Å². The second-order valence-corrected chi connectivity index (χ2v) is 5.69. The van der Waals surface area contributed by atoms with E-state index in [1.807, 2.05) is 30.3 Å². The van der Waals surface area contributed by atoms with Crippen LogP contribution in [-0.4, -0.2) is 26.0 Å². The molecule has 2 aromatic carbocycles. The molecule has 0 saturated carbocycles. The standard InChI is InChI=1S/C13H12N4.C7H8N2O/c1-2-9-5-3-4-6-10(9)11-12-13(16-7-14-11)17-8-15-12;8-7(10)9-6-4-2-1-3-5-6/h3-8H,2H2,1H3,(H,14,15,16,17);1-5H,(H3,8,9,10). The van der Waals surface area contributed by atoms with Crippen LogP contribution >= 0.6 is 0 Å². The third-order valence-electron chi connectivity index (χ3n) is 3.92. The number of urea groups is 1. The Morgan fingerprint density at radius 3 is 2.52 bits per heavy atom. The van der Waals surface area contributed by atoms with Gasteiger partial charge < -0.3 is 16.0 Å². The van der Waals surface area contributed by atoms with Gasteiger partial charge in [0, 0.05) is 11.3 Å². The first-order valence-electron chi connectivity index (χ1n) is 8.53. The average molecular weight is 360 g/mol. The summed E-state index contributed by atoms with van der Waals surface area (Å²) >= 11 is 0. The lowest BCUT2D eigenvalue weighted by molar-refractivity contribution is 0.259. The minimum Gasteiger partial charge on any atom is -0.351 e. The number of H-pyrrole nitrogens is 1. The number of fused-ring (bicyclic) bond motifs is 1. The second-order valence-electron chi connectivity index (χ2n) is 5.69. The molecule has 0 saturated heterocycles. The van der Waals surface area contributed by atoms with Gasteiger partial charge in [-0.1, -0.05) is 49.4 Å². The van der Waals surface area contributed by atoms with Crippen LogP contribution in [0.5, 0.6) is 0 Å². The Hall–Kier alpha value is -3.74. The molecule has 7 nitrogen and oxygen atoms in total. The number of hydrogen-bond donors (Lipinski definition) is 3. The molecule has 0 unspecified atom stereocenters. The summed E-state index contributed by atoms with van der Waals surface area (Å²) in [5, 5.41) is 2.44. The predicted octanol–water partition coefficient (Wildman–Crippen LogP) is 3.76. The van der Waals surface area contributed by atoms with E-state index in [1.54, 1.807) is 24.8 Å². The number of nitrogens with two attached hydrogens (primary N) is 1. The summed E-state index contributed by atoms with van der Waals surface area (Å²) in [6, 6.07) is 16.8. The maximum absolute atomic E-state index is 10.3. The van der Waals surface area contributed by atoms with Gasteiger partial charge in [0.15, 0.2) is 5.65 Å². The molecule has 0 bridgehead atoms. The van der Waals surface area contributed by atoms with Gasteiger partial charge in [0.2, 0.25) is 0 Å². The number of hydrogen-bond acceptors (Lipinski definition) is 4. The van der Waals surface area contributed by atoms with Crippen molar-refractivity contribution in [3.8, 4) is 11.3 Å². The monoisotopic (exact) mass is 360 g/mol. The van der Waals surface area contributed by atoms with Crippen molar-refractivity contribution in [1.29, 1.82) is 0 Å². The van der Waals surface area contributed by atoms with Gasteiger partial charge in [0.25, 0.3) is 0 Å². The Balaban J connectivity index is 0.000000180. The maximum atomic E-state index is 10.3. The summed E-state index contributed by atoms with van der Waals surface area (Å²) in [7, 11) is 0. The fraction of sp³-hybridized carbons (Fsp3) is 0.100. The summed E-state index contributed by atoms with van der Waals surface area (Å²) in [4.78, 5) is 26.0. The van der Waals surface area contributed by atoms with Crippen molar-refractivity contribution in [1.82, 2.24) is 19.9 Å². The summed E-state index contributed by atoms with van der Waals surface area (Å²) in [5.74, 6) is 0. The number of primary amides is 1. The minimum atomic E-state index is -0.536. The number of amides is 2. The molecular weight excluding hydrogens is 340 g/mol. The van der Waals surface area contributed by atoms with E-state index in [1.165, 1.54) is 5.56 Å². The molecule has 7 heteroatoms. The summed E-state index contributed by atoms with van der Waals surface area (Å²) in [6.45, 7) is 2.14. The summed E-state index contributed by atoms with van der Waals surface area (Å²) in [5.41, 5.74) is 10.5. The number of nitrogens with zero attached hydrogens (tertiary/aromatic N) is 3. The number of aromatic amines is 1. The van der Waals surface area contributed by atoms with Crippen LogP contribution in [0.3, 0.4) is 0 Å². The zero-order valence-corrected chi connectivity index (χ0v) is 14.9. The van der Waals surface area contributed by atoms with Crippen molar-refractivity contribution >= 4 is 22.9 Å². The van der Waals surface area contributed by atoms with Gasteiger partial charge in [-0.3, -0.25) is 0 Å². The molecule has 136 valence electrons. The number of carbonyl (C=O) groups is 1. The lowest BCUT2D eigenvalue weighted by atomic mass is 10.0. The van der Waals surface area contributed by atoms with E-state index in [9.17, 15) is 4.79 Å². The van der Waals surface area contributed by atoms with Crippen molar-refractivity contribution in [2.45, 2.75) is 13.3 Å². The molecule has 0 aliphatic rings. The number of aromatic nitrogens is 4. The molecule has 0 aliphatic carbocycles. The number of aryl methyl sites for hydroxylation is 1. The Morgan fingerprint density at radius 1 is 1.04 bits per heavy atom. The lowest BCUT2D eigenvalue weighted by Crippen LogP contribution is -2.18. The van der Waals surface area contributed by atoms with Crippen LogP contribution in [0.4, 0.5) is 10.5 Å². The number of imidazole rings is 1. The van der Waals surface area contributed by atoms with Gasteiger partial charge >= 0.3 is 6.03 Å². The van der Waals surface area contributed by atoms with E-state index in [0.717, 1.165) is 28.9 Å². The molecule has 2 heterocycles. The molecule has 0 spiro atoms. The first-order valence-corrected chi connectivity index (χ1v) is 8.53. The van der Waals surface area contributed by atoms with Crippen molar-refractivity contribution in [3.63, 3.8) is 0 Å². The molecule has 4 N–H and O–H groups in total. The third kappa shape index (κ3) is 4.46. The molecule has 4 aromatic rings.